The van der Waals surface area contributed by atoms with E-state index < -0.39 is 0 Å². The van der Waals surface area contributed by atoms with Crippen LogP contribution in [0.3, 0.4) is 0 Å². The number of esters is 1. The van der Waals surface area contributed by atoms with E-state index in [9.17, 15) is 4.79 Å². The summed E-state index contributed by atoms with van der Waals surface area (Å²) >= 11 is 0. The van der Waals surface area contributed by atoms with E-state index in [1.165, 1.54) is 7.11 Å². The van der Waals surface area contributed by atoms with Crippen molar-refractivity contribution in [3.63, 3.8) is 0 Å². The number of fused-ring (bicyclic) bond motifs is 1. The quantitative estimate of drug-likeness (QED) is 0.554. The number of carbonyl (C=O) groups excluding carboxylic acids is 1. The molecule has 0 N–H and O–H groups in total. The average Bonchev–Trinajstić information content (AvgIpc) is 2.54. The van der Waals surface area contributed by atoms with Crippen LogP contribution < -0.4 is 4.74 Å². The third kappa shape index (κ3) is 4.60. The second kappa shape index (κ2) is 7.52. The summed E-state index contributed by atoms with van der Waals surface area (Å²) in [7, 11) is 1.41. The van der Waals surface area contributed by atoms with Gasteiger partial charge in [-0.2, -0.15) is 0 Å². The molecule has 0 saturated heterocycles. The molecule has 0 aliphatic rings. The second-order valence-electron chi connectivity index (χ2n) is 6.95. The Hall–Kier alpha value is -2.29. The van der Waals surface area contributed by atoms with E-state index in [0.29, 0.717) is 0 Å². The zero-order valence-corrected chi connectivity index (χ0v) is 15.2. The van der Waals surface area contributed by atoms with Crippen LogP contribution in [0.25, 0.3) is 10.8 Å². The Morgan fingerprint density at radius 1 is 1.12 bits per heavy atom. The van der Waals surface area contributed by atoms with Crippen molar-refractivity contribution >= 4 is 16.7 Å². The molecule has 0 unspecified atom stereocenters. The Bertz CT molecular complexity index is 751. The lowest BCUT2D eigenvalue weighted by atomic mass is 9.95. The first-order valence-corrected chi connectivity index (χ1v) is 8.31. The van der Waals surface area contributed by atoms with Crippen molar-refractivity contribution in [2.75, 3.05) is 7.11 Å². The molecule has 2 aromatic carbocycles. The minimum absolute atomic E-state index is 0.0324. The molecular formula is C21H26O3. The predicted molar refractivity (Wildman–Crippen MR) is 98.1 cm³/mol. The van der Waals surface area contributed by atoms with E-state index in [1.54, 1.807) is 0 Å². The van der Waals surface area contributed by atoms with Gasteiger partial charge in [0.2, 0.25) is 0 Å². The van der Waals surface area contributed by atoms with Gasteiger partial charge >= 0.3 is 5.97 Å². The zero-order chi connectivity index (χ0) is 17.7. The summed E-state index contributed by atoms with van der Waals surface area (Å²) in [6.07, 6.45) is 3.12. The molecule has 3 heteroatoms. The van der Waals surface area contributed by atoms with Crippen LogP contribution in [-0.4, -0.2) is 13.1 Å². The minimum Gasteiger partial charge on any atom is -0.469 e. The molecule has 2 aromatic rings. The van der Waals surface area contributed by atoms with Crippen molar-refractivity contribution in [2.24, 2.45) is 5.41 Å². The van der Waals surface area contributed by atoms with E-state index >= 15 is 0 Å². The molecule has 0 atom stereocenters. The first-order chi connectivity index (χ1) is 11.3. The number of allylic oxidation sites excluding steroid dienone is 2. The highest BCUT2D eigenvalue weighted by molar-refractivity contribution is 5.91. The molecule has 0 aromatic heterocycles. The molecule has 24 heavy (non-hydrogen) atoms. The third-order valence-electron chi connectivity index (χ3n) is 3.73. The van der Waals surface area contributed by atoms with Gasteiger partial charge in [0.05, 0.1) is 13.5 Å². The highest BCUT2D eigenvalue weighted by Gasteiger charge is 2.16. The molecule has 3 nitrogen and oxygen atoms in total. The van der Waals surface area contributed by atoms with Crippen LogP contribution in [0.1, 0.15) is 39.7 Å². The van der Waals surface area contributed by atoms with Gasteiger partial charge in [0, 0.05) is 12.0 Å². The van der Waals surface area contributed by atoms with Crippen LogP contribution in [0.5, 0.6) is 5.75 Å². The molecule has 0 amide bonds. The molecule has 128 valence electrons. The summed E-state index contributed by atoms with van der Waals surface area (Å²) in [6.45, 7) is 8.49. The van der Waals surface area contributed by atoms with Crippen LogP contribution >= 0.6 is 0 Å². The first-order valence-electron chi connectivity index (χ1n) is 8.31. The standard InChI is InChI=1S/C21H26O3/c1-6-16(14-21(2,3)4)24-19-12-11-15-9-7-8-10-17(15)18(19)13-20(22)23-5/h7-12,14H,6,13H2,1-5H3/b16-14+. The van der Waals surface area contributed by atoms with Gasteiger partial charge in [0.1, 0.15) is 11.5 Å². The molecule has 0 aliphatic carbocycles. The Labute approximate surface area is 144 Å². The van der Waals surface area contributed by atoms with Crippen molar-refractivity contribution in [2.45, 2.75) is 40.5 Å². The van der Waals surface area contributed by atoms with Crippen LogP contribution in [0.4, 0.5) is 0 Å². The van der Waals surface area contributed by atoms with Gasteiger partial charge in [0.25, 0.3) is 0 Å². The number of hydrogen-bond donors (Lipinski definition) is 0. The van der Waals surface area contributed by atoms with E-state index in [1.807, 2.05) is 36.4 Å². The summed E-state index contributed by atoms with van der Waals surface area (Å²) in [5, 5.41) is 2.10. The van der Waals surface area contributed by atoms with Crippen molar-refractivity contribution in [3.8, 4) is 5.75 Å². The first kappa shape index (κ1) is 18.1. The van der Waals surface area contributed by atoms with Gasteiger partial charge in [-0.3, -0.25) is 4.79 Å². The van der Waals surface area contributed by atoms with Crippen molar-refractivity contribution in [1.29, 1.82) is 0 Å². The van der Waals surface area contributed by atoms with E-state index in [0.717, 1.165) is 34.3 Å². The van der Waals surface area contributed by atoms with Gasteiger partial charge in [-0.1, -0.05) is 58.0 Å². The molecule has 0 fully saturated rings. The highest BCUT2D eigenvalue weighted by atomic mass is 16.5. The number of methoxy groups -OCH3 is 1. The molecule has 0 saturated carbocycles. The van der Waals surface area contributed by atoms with Gasteiger partial charge in [-0.15, -0.1) is 0 Å². The molecular weight excluding hydrogens is 300 g/mol. The van der Waals surface area contributed by atoms with E-state index in [2.05, 4.69) is 33.8 Å². The summed E-state index contributed by atoms with van der Waals surface area (Å²) < 4.78 is 11.0. The average molecular weight is 326 g/mol. The lowest BCUT2D eigenvalue weighted by Crippen LogP contribution is -2.09. The van der Waals surface area contributed by atoms with Crippen molar-refractivity contribution in [3.05, 3.63) is 53.8 Å². The maximum Gasteiger partial charge on any atom is 0.310 e. The highest BCUT2D eigenvalue weighted by Crippen LogP contribution is 2.31. The topological polar surface area (TPSA) is 35.5 Å². The van der Waals surface area contributed by atoms with Gasteiger partial charge in [-0.05, 0) is 28.3 Å². The second-order valence-corrected chi connectivity index (χ2v) is 6.95. The predicted octanol–water partition coefficient (Wildman–Crippen LogP) is 5.27. The molecule has 0 radical (unpaired) electrons. The lowest BCUT2D eigenvalue weighted by molar-refractivity contribution is -0.139. The summed E-state index contributed by atoms with van der Waals surface area (Å²) in [5.74, 6) is 1.36. The van der Waals surface area contributed by atoms with Crippen LogP contribution in [0.15, 0.2) is 48.2 Å². The van der Waals surface area contributed by atoms with E-state index in [4.69, 9.17) is 9.47 Å². The molecule has 0 heterocycles. The van der Waals surface area contributed by atoms with Gasteiger partial charge < -0.3 is 9.47 Å². The zero-order valence-electron chi connectivity index (χ0n) is 15.2. The minimum atomic E-state index is -0.269. The fourth-order valence-electron chi connectivity index (χ4n) is 2.64. The van der Waals surface area contributed by atoms with Crippen molar-refractivity contribution < 1.29 is 14.3 Å². The van der Waals surface area contributed by atoms with E-state index in [-0.39, 0.29) is 17.8 Å². The SMILES string of the molecule is CC/C(=C\C(C)(C)C)Oc1ccc2ccccc2c1CC(=O)OC. The number of benzene rings is 2. The maximum absolute atomic E-state index is 11.9. The molecule has 0 spiro atoms. The Balaban J connectivity index is 2.50. The van der Waals surface area contributed by atoms with Crippen molar-refractivity contribution in [1.82, 2.24) is 0 Å². The molecule has 2 rings (SSSR count). The number of rotatable bonds is 5. The number of ether oxygens (including phenoxy) is 2. The Morgan fingerprint density at radius 2 is 1.83 bits per heavy atom. The lowest BCUT2D eigenvalue weighted by Gasteiger charge is -2.18. The van der Waals surface area contributed by atoms with Gasteiger partial charge in [0.15, 0.2) is 0 Å². The normalized spacial score (nSPS) is 12.3. The van der Waals surface area contributed by atoms with Crippen LogP contribution in [0, 0.1) is 5.41 Å². The number of hydrogen-bond acceptors (Lipinski definition) is 3. The number of carbonyl (C=O) groups is 1. The Morgan fingerprint density at radius 3 is 2.46 bits per heavy atom. The largest absolute Gasteiger partial charge is 0.469 e. The van der Waals surface area contributed by atoms with Crippen LogP contribution in [0.2, 0.25) is 0 Å². The maximum atomic E-state index is 11.9. The summed E-state index contributed by atoms with van der Waals surface area (Å²) in [6, 6.07) is 12.0. The molecule has 0 aliphatic heterocycles. The summed E-state index contributed by atoms with van der Waals surface area (Å²) in [4.78, 5) is 11.9. The fourth-order valence-corrected chi connectivity index (χ4v) is 2.64. The smallest absolute Gasteiger partial charge is 0.310 e. The third-order valence-corrected chi connectivity index (χ3v) is 3.73. The monoisotopic (exact) mass is 326 g/mol. The van der Waals surface area contributed by atoms with Crippen LogP contribution in [-0.2, 0) is 16.0 Å². The fraction of sp³-hybridized carbons (Fsp3) is 0.381. The Kier molecular flexibility index (Phi) is 5.66. The summed E-state index contributed by atoms with van der Waals surface area (Å²) in [5.41, 5.74) is 0.901. The molecule has 0 bridgehead atoms. The van der Waals surface area contributed by atoms with Gasteiger partial charge in [-0.25, -0.2) is 0 Å².